The summed E-state index contributed by atoms with van der Waals surface area (Å²) in [6.07, 6.45) is 2.86. The molecule has 0 saturated heterocycles. The van der Waals surface area contributed by atoms with Gasteiger partial charge in [-0.1, -0.05) is 25.1 Å². The SMILES string of the molecule is CCCCc1nnc(S[C@@H](C)C(=O)Nc2ccc(OCC)cc2)n1N. The molecular weight excluding hydrogens is 338 g/mol. The number of nitrogens with two attached hydrogens (primary N) is 1. The first-order chi connectivity index (χ1) is 12.0. The molecule has 1 atom stereocenters. The maximum absolute atomic E-state index is 12.4. The van der Waals surface area contributed by atoms with Gasteiger partial charge < -0.3 is 15.9 Å². The van der Waals surface area contributed by atoms with Crippen LogP contribution in [-0.2, 0) is 11.2 Å². The van der Waals surface area contributed by atoms with E-state index in [-0.39, 0.29) is 11.2 Å². The fourth-order valence-corrected chi connectivity index (χ4v) is 2.94. The molecule has 0 spiro atoms. The number of nitrogens with zero attached hydrogens (tertiary/aromatic N) is 3. The zero-order valence-electron chi connectivity index (χ0n) is 14.9. The molecule has 136 valence electrons. The van der Waals surface area contributed by atoms with Crippen molar-refractivity contribution in [3.63, 3.8) is 0 Å². The molecule has 0 fully saturated rings. The highest BCUT2D eigenvalue weighted by molar-refractivity contribution is 8.00. The van der Waals surface area contributed by atoms with Gasteiger partial charge in [0, 0.05) is 12.1 Å². The first-order valence-corrected chi connectivity index (χ1v) is 9.32. The van der Waals surface area contributed by atoms with Crippen molar-refractivity contribution in [1.29, 1.82) is 0 Å². The minimum absolute atomic E-state index is 0.118. The molecule has 0 saturated carbocycles. The molecule has 2 rings (SSSR count). The number of rotatable bonds is 9. The van der Waals surface area contributed by atoms with Gasteiger partial charge in [-0.25, -0.2) is 4.68 Å². The van der Waals surface area contributed by atoms with Crippen LogP contribution in [0.15, 0.2) is 29.4 Å². The van der Waals surface area contributed by atoms with Crippen molar-refractivity contribution in [2.45, 2.75) is 50.4 Å². The molecule has 0 aliphatic heterocycles. The number of ether oxygens (including phenoxy) is 1. The van der Waals surface area contributed by atoms with E-state index in [1.807, 2.05) is 38.1 Å². The van der Waals surface area contributed by atoms with E-state index in [2.05, 4.69) is 22.4 Å². The van der Waals surface area contributed by atoms with E-state index in [1.165, 1.54) is 16.4 Å². The monoisotopic (exact) mass is 363 g/mol. The second-order valence-corrected chi connectivity index (χ2v) is 6.89. The molecule has 7 nitrogen and oxygen atoms in total. The lowest BCUT2D eigenvalue weighted by Crippen LogP contribution is -2.23. The van der Waals surface area contributed by atoms with Crippen molar-refractivity contribution in [3.8, 4) is 5.75 Å². The van der Waals surface area contributed by atoms with Crippen molar-refractivity contribution >= 4 is 23.4 Å². The van der Waals surface area contributed by atoms with Gasteiger partial charge in [0.15, 0.2) is 5.82 Å². The minimum Gasteiger partial charge on any atom is -0.494 e. The first kappa shape index (κ1) is 19.1. The highest BCUT2D eigenvalue weighted by Gasteiger charge is 2.19. The van der Waals surface area contributed by atoms with Crippen LogP contribution in [0.3, 0.4) is 0 Å². The third kappa shape index (κ3) is 5.38. The normalized spacial score (nSPS) is 12.0. The number of hydrogen-bond donors (Lipinski definition) is 2. The third-order valence-electron chi connectivity index (χ3n) is 3.57. The fourth-order valence-electron chi connectivity index (χ4n) is 2.15. The Kier molecular flexibility index (Phi) is 7.12. The topological polar surface area (TPSA) is 95.1 Å². The van der Waals surface area contributed by atoms with E-state index < -0.39 is 0 Å². The number of benzene rings is 1. The molecule has 25 heavy (non-hydrogen) atoms. The van der Waals surface area contributed by atoms with Gasteiger partial charge >= 0.3 is 0 Å². The van der Waals surface area contributed by atoms with Crippen LogP contribution in [0, 0.1) is 0 Å². The average molecular weight is 363 g/mol. The van der Waals surface area contributed by atoms with Gasteiger partial charge in [0.25, 0.3) is 0 Å². The van der Waals surface area contributed by atoms with E-state index in [9.17, 15) is 4.79 Å². The van der Waals surface area contributed by atoms with Crippen molar-refractivity contribution in [2.75, 3.05) is 17.8 Å². The summed E-state index contributed by atoms with van der Waals surface area (Å²) >= 11 is 1.29. The lowest BCUT2D eigenvalue weighted by atomic mass is 10.2. The van der Waals surface area contributed by atoms with Crippen molar-refractivity contribution in [1.82, 2.24) is 14.9 Å². The highest BCUT2D eigenvalue weighted by atomic mass is 32.2. The number of nitrogen functional groups attached to an aromatic ring is 1. The van der Waals surface area contributed by atoms with Crippen LogP contribution in [0.25, 0.3) is 0 Å². The number of unbranched alkanes of at least 4 members (excludes halogenated alkanes) is 1. The Balaban J connectivity index is 1.92. The van der Waals surface area contributed by atoms with Gasteiger partial charge in [0.05, 0.1) is 11.9 Å². The number of anilines is 1. The average Bonchev–Trinajstić information content (AvgIpc) is 2.95. The van der Waals surface area contributed by atoms with E-state index in [1.54, 1.807) is 0 Å². The Labute approximate surface area is 152 Å². The summed E-state index contributed by atoms with van der Waals surface area (Å²) in [5.41, 5.74) is 0.721. The molecule has 1 aromatic carbocycles. The van der Waals surface area contributed by atoms with E-state index in [0.29, 0.717) is 11.8 Å². The Morgan fingerprint density at radius 1 is 1.32 bits per heavy atom. The molecule has 1 amide bonds. The number of carbonyl (C=O) groups is 1. The molecule has 1 aromatic heterocycles. The van der Waals surface area contributed by atoms with Gasteiger partial charge in [-0.3, -0.25) is 4.79 Å². The van der Waals surface area contributed by atoms with Crippen LogP contribution < -0.4 is 15.9 Å². The predicted molar refractivity (Wildman–Crippen MR) is 100 cm³/mol. The third-order valence-corrected chi connectivity index (χ3v) is 4.63. The van der Waals surface area contributed by atoms with E-state index in [4.69, 9.17) is 10.6 Å². The zero-order chi connectivity index (χ0) is 18.2. The number of nitrogens with one attached hydrogen (secondary N) is 1. The van der Waals surface area contributed by atoms with Crippen LogP contribution >= 0.6 is 11.8 Å². The number of aryl methyl sites for hydroxylation is 1. The summed E-state index contributed by atoms with van der Waals surface area (Å²) in [5.74, 6) is 7.41. The number of thioether (sulfide) groups is 1. The zero-order valence-corrected chi connectivity index (χ0v) is 15.7. The van der Waals surface area contributed by atoms with Gasteiger partial charge in [-0.15, -0.1) is 10.2 Å². The van der Waals surface area contributed by atoms with Gasteiger partial charge in [0.2, 0.25) is 11.1 Å². The maximum atomic E-state index is 12.4. The summed E-state index contributed by atoms with van der Waals surface area (Å²) < 4.78 is 6.86. The summed E-state index contributed by atoms with van der Waals surface area (Å²) in [6, 6.07) is 7.28. The molecule has 0 radical (unpaired) electrons. The first-order valence-electron chi connectivity index (χ1n) is 8.44. The summed E-state index contributed by atoms with van der Waals surface area (Å²) in [5, 5.41) is 11.3. The molecule has 0 unspecified atom stereocenters. The van der Waals surface area contributed by atoms with Crippen LogP contribution in [0.5, 0.6) is 5.75 Å². The molecule has 0 bridgehead atoms. The second-order valence-electron chi connectivity index (χ2n) is 5.58. The quantitative estimate of drug-likeness (QED) is 0.525. The van der Waals surface area contributed by atoms with Crippen LogP contribution in [-0.4, -0.2) is 32.6 Å². The van der Waals surface area contributed by atoms with Crippen LogP contribution in [0.2, 0.25) is 0 Å². The number of carbonyl (C=O) groups excluding carboxylic acids is 1. The fraction of sp³-hybridized carbons (Fsp3) is 0.471. The van der Waals surface area contributed by atoms with Gasteiger partial charge in [-0.05, 0) is 44.5 Å². The molecule has 2 aromatic rings. The van der Waals surface area contributed by atoms with E-state index in [0.717, 1.165) is 36.5 Å². The van der Waals surface area contributed by atoms with Crippen molar-refractivity contribution in [2.24, 2.45) is 0 Å². The number of amides is 1. The molecule has 1 heterocycles. The van der Waals surface area contributed by atoms with E-state index >= 15 is 0 Å². The smallest absolute Gasteiger partial charge is 0.237 e. The molecule has 3 N–H and O–H groups in total. The summed E-state index contributed by atoms with van der Waals surface area (Å²) in [4.78, 5) is 12.4. The standard InChI is InChI=1S/C17H25N5O2S/c1-4-6-7-15-20-21-17(22(15)18)25-12(3)16(23)19-13-8-10-14(11-9-13)24-5-2/h8-12H,4-7,18H2,1-3H3,(H,19,23)/t12-/m0/s1. The van der Waals surface area contributed by atoms with Crippen LogP contribution in [0.4, 0.5) is 5.69 Å². The predicted octanol–water partition coefficient (Wildman–Crippen LogP) is 2.85. The Morgan fingerprint density at radius 2 is 2.04 bits per heavy atom. The lowest BCUT2D eigenvalue weighted by Gasteiger charge is -2.12. The molecule has 0 aliphatic carbocycles. The molecule has 0 aliphatic rings. The maximum Gasteiger partial charge on any atom is 0.237 e. The number of hydrogen-bond acceptors (Lipinski definition) is 6. The van der Waals surface area contributed by atoms with Gasteiger partial charge in [0.1, 0.15) is 5.75 Å². The largest absolute Gasteiger partial charge is 0.494 e. The Bertz CT molecular complexity index is 687. The van der Waals surface area contributed by atoms with Gasteiger partial charge in [-0.2, -0.15) is 0 Å². The van der Waals surface area contributed by atoms with Crippen molar-refractivity contribution < 1.29 is 9.53 Å². The molecule has 8 heteroatoms. The lowest BCUT2D eigenvalue weighted by molar-refractivity contribution is -0.115. The Morgan fingerprint density at radius 3 is 2.68 bits per heavy atom. The molecular formula is C17H25N5O2S. The second kappa shape index (κ2) is 9.31. The summed E-state index contributed by atoms with van der Waals surface area (Å²) in [6.45, 7) is 6.47. The van der Waals surface area contributed by atoms with Crippen LogP contribution in [0.1, 0.15) is 39.4 Å². The van der Waals surface area contributed by atoms with Crippen molar-refractivity contribution in [3.05, 3.63) is 30.1 Å². The summed E-state index contributed by atoms with van der Waals surface area (Å²) in [7, 11) is 0. The minimum atomic E-state index is -0.350. The number of aromatic nitrogens is 3. The highest BCUT2D eigenvalue weighted by Crippen LogP contribution is 2.23. The Hall–Kier alpha value is -2.22.